The van der Waals surface area contributed by atoms with E-state index >= 15 is 0 Å². The Morgan fingerprint density at radius 3 is 2.71 bits per heavy atom. The average Bonchev–Trinajstić information content (AvgIpc) is 3.07. The summed E-state index contributed by atoms with van der Waals surface area (Å²) in [5.74, 6) is -0.0934. The van der Waals surface area contributed by atoms with Gasteiger partial charge in [-0.1, -0.05) is 18.6 Å². The molecule has 1 fully saturated rings. The van der Waals surface area contributed by atoms with Crippen molar-refractivity contribution in [1.82, 2.24) is 9.88 Å². The van der Waals surface area contributed by atoms with Crippen LogP contribution in [0.15, 0.2) is 58.5 Å². The molecule has 1 N–H and O–H groups in total. The predicted octanol–water partition coefficient (Wildman–Crippen LogP) is 3.76. The topological polar surface area (TPSA) is 60.3 Å². The molecule has 0 spiro atoms. The number of benzene rings is 2. The van der Waals surface area contributed by atoms with E-state index in [9.17, 15) is 12.8 Å². The summed E-state index contributed by atoms with van der Waals surface area (Å²) in [5, 5.41) is 4.06. The summed E-state index contributed by atoms with van der Waals surface area (Å²) in [5.41, 5.74) is 0.765. The Balaban J connectivity index is 1.85. The minimum Gasteiger partial charge on any atom is -0.497 e. The van der Waals surface area contributed by atoms with E-state index in [1.807, 2.05) is 10.6 Å². The molecule has 0 bridgehead atoms. The van der Waals surface area contributed by atoms with Gasteiger partial charge in [-0.15, -0.1) is 0 Å². The molecule has 1 aliphatic rings. The van der Waals surface area contributed by atoms with Gasteiger partial charge in [-0.05, 0) is 43.7 Å². The van der Waals surface area contributed by atoms with E-state index < -0.39 is 15.7 Å². The Morgan fingerprint density at radius 2 is 2.00 bits per heavy atom. The summed E-state index contributed by atoms with van der Waals surface area (Å²) in [6.45, 7) is 1.62. The Bertz CT molecular complexity index is 1100. The summed E-state index contributed by atoms with van der Waals surface area (Å²) >= 11 is 0. The second kappa shape index (κ2) is 7.56. The molecule has 1 aliphatic heterocycles. The maximum Gasteiger partial charge on any atom is 0.211 e. The normalized spacial score (nSPS) is 17.7. The Morgan fingerprint density at radius 1 is 1.18 bits per heavy atom. The van der Waals surface area contributed by atoms with Gasteiger partial charge in [0.15, 0.2) is 0 Å². The zero-order valence-corrected chi connectivity index (χ0v) is 16.5. The van der Waals surface area contributed by atoms with Crippen molar-refractivity contribution < 1.29 is 17.5 Å². The van der Waals surface area contributed by atoms with Crippen LogP contribution in [0.5, 0.6) is 5.75 Å². The van der Waals surface area contributed by atoms with Crippen LogP contribution in [-0.2, 0) is 16.4 Å². The smallest absolute Gasteiger partial charge is 0.211 e. The lowest BCUT2D eigenvalue weighted by Crippen LogP contribution is -2.37. The van der Waals surface area contributed by atoms with Gasteiger partial charge in [0.2, 0.25) is 9.84 Å². The van der Waals surface area contributed by atoms with Crippen LogP contribution in [0.3, 0.4) is 0 Å². The molecule has 0 aliphatic carbocycles. The molecule has 1 aromatic heterocycles. The molecule has 148 valence electrons. The van der Waals surface area contributed by atoms with E-state index in [4.69, 9.17) is 4.74 Å². The van der Waals surface area contributed by atoms with Crippen molar-refractivity contribution in [3.63, 3.8) is 0 Å². The van der Waals surface area contributed by atoms with Gasteiger partial charge in [0, 0.05) is 30.2 Å². The first-order valence-electron chi connectivity index (χ1n) is 9.40. The van der Waals surface area contributed by atoms with Crippen LogP contribution in [0, 0.1) is 5.82 Å². The number of ether oxygens (including phenoxy) is 1. The Kier molecular flexibility index (Phi) is 5.12. The summed E-state index contributed by atoms with van der Waals surface area (Å²) in [7, 11) is -2.42. The van der Waals surface area contributed by atoms with Crippen LogP contribution in [0.1, 0.15) is 19.3 Å². The standard InChI is InChI=1S/C21H23FN2O3S/c1-27-16-9-10-17-19(12-16)24(13-15-6-4-5-11-23-15)14-21(17)28(25,26)20-8-3-2-7-18(20)22/h2-3,7-10,12,14-15,23H,4-6,11,13H2,1H3. The van der Waals surface area contributed by atoms with Gasteiger partial charge in [0.1, 0.15) is 16.5 Å². The second-order valence-corrected chi connectivity index (χ2v) is 9.00. The lowest BCUT2D eigenvalue weighted by atomic mass is 10.1. The number of methoxy groups -OCH3 is 1. The highest BCUT2D eigenvalue weighted by Gasteiger charge is 2.27. The van der Waals surface area contributed by atoms with Crippen molar-refractivity contribution in [1.29, 1.82) is 0 Å². The fraction of sp³-hybridized carbons (Fsp3) is 0.333. The molecule has 5 nitrogen and oxygen atoms in total. The summed E-state index contributed by atoms with van der Waals surface area (Å²) < 4.78 is 48.0. The fourth-order valence-electron chi connectivity index (χ4n) is 3.83. The molecule has 28 heavy (non-hydrogen) atoms. The van der Waals surface area contributed by atoms with Crippen molar-refractivity contribution in [2.45, 2.75) is 41.6 Å². The van der Waals surface area contributed by atoms with E-state index in [0.29, 0.717) is 17.7 Å². The van der Waals surface area contributed by atoms with Gasteiger partial charge in [-0.2, -0.15) is 0 Å². The third-order valence-corrected chi connectivity index (χ3v) is 7.11. The molecule has 3 aromatic rings. The molecule has 2 heterocycles. The van der Waals surface area contributed by atoms with Crippen molar-refractivity contribution in [3.05, 3.63) is 54.5 Å². The van der Waals surface area contributed by atoms with Crippen LogP contribution < -0.4 is 10.1 Å². The van der Waals surface area contributed by atoms with E-state index in [-0.39, 0.29) is 15.8 Å². The highest BCUT2D eigenvalue weighted by atomic mass is 32.2. The van der Waals surface area contributed by atoms with Gasteiger partial charge >= 0.3 is 0 Å². The van der Waals surface area contributed by atoms with Crippen LogP contribution in [-0.4, -0.2) is 32.7 Å². The molecule has 2 aromatic carbocycles. The van der Waals surface area contributed by atoms with E-state index in [0.717, 1.165) is 31.3 Å². The molecule has 4 rings (SSSR count). The first kappa shape index (κ1) is 19.0. The van der Waals surface area contributed by atoms with Gasteiger partial charge in [0.25, 0.3) is 0 Å². The third-order valence-electron chi connectivity index (χ3n) is 5.30. The molecule has 0 radical (unpaired) electrons. The number of piperidine rings is 1. The van der Waals surface area contributed by atoms with Crippen molar-refractivity contribution >= 4 is 20.7 Å². The van der Waals surface area contributed by atoms with Crippen LogP contribution >= 0.6 is 0 Å². The van der Waals surface area contributed by atoms with E-state index in [2.05, 4.69) is 5.32 Å². The highest BCUT2D eigenvalue weighted by Crippen LogP contribution is 2.33. The van der Waals surface area contributed by atoms with Crippen molar-refractivity contribution in [2.75, 3.05) is 13.7 Å². The van der Waals surface area contributed by atoms with Crippen molar-refractivity contribution in [2.24, 2.45) is 0 Å². The number of hydrogen-bond donors (Lipinski definition) is 1. The maximum atomic E-state index is 14.3. The molecule has 1 atom stereocenters. The fourth-order valence-corrected chi connectivity index (χ4v) is 5.38. The minimum absolute atomic E-state index is 0.117. The zero-order chi connectivity index (χ0) is 19.7. The highest BCUT2D eigenvalue weighted by molar-refractivity contribution is 7.91. The molecule has 1 unspecified atom stereocenters. The third kappa shape index (κ3) is 3.40. The zero-order valence-electron chi connectivity index (χ0n) is 15.7. The largest absolute Gasteiger partial charge is 0.497 e. The molecular weight excluding hydrogens is 379 g/mol. The summed E-state index contributed by atoms with van der Waals surface area (Å²) in [6.07, 6.45) is 4.98. The number of aromatic nitrogens is 1. The number of fused-ring (bicyclic) bond motifs is 1. The van der Waals surface area contributed by atoms with Gasteiger partial charge < -0.3 is 14.6 Å². The van der Waals surface area contributed by atoms with Gasteiger partial charge in [0.05, 0.1) is 17.5 Å². The van der Waals surface area contributed by atoms with E-state index in [1.54, 1.807) is 25.4 Å². The van der Waals surface area contributed by atoms with Crippen LogP contribution in [0.2, 0.25) is 0 Å². The number of hydrogen-bond acceptors (Lipinski definition) is 4. The van der Waals surface area contributed by atoms with E-state index in [1.165, 1.54) is 24.3 Å². The quantitative estimate of drug-likeness (QED) is 0.706. The molecular formula is C21H23FN2O3S. The number of rotatable bonds is 5. The second-order valence-electron chi connectivity index (χ2n) is 7.11. The Labute approximate surface area is 164 Å². The average molecular weight is 402 g/mol. The van der Waals surface area contributed by atoms with Crippen LogP contribution in [0.25, 0.3) is 10.9 Å². The molecule has 0 amide bonds. The summed E-state index contributed by atoms with van der Waals surface area (Å²) in [4.78, 5) is -0.188. The number of halogens is 1. The molecule has 1 saturated heterocycles. The maximum absolute atomic E-state index is 14.3. The summed E-state index contributed by atoms with van der Waals surface area (Å²) in [6, 6.07) is 11.1. The first-order valence-corrected chi connectivity index (χ1v) is 10.9. The first-order chi connectivity index (χ1) is 13.5. The number of sulfone groups is 1. The molecule has 0 saturated carbocycles. The molecule has 7 heteroatoms. The van der Waals surface area contributed by atoms with Crippen molar-refractivity contribution in [3.8, 4) is 5.75 Å². The lowest BCUT2D eigenvalue weighted by Gasteiger charge is -2.24. The predicted molar refractivity (Wildman–Crippen MR) is 106 cm³/mol. The minimum atomic E-state index is -3.99. The SMILES string of the molecule is COc1ccc2c(S(=O)(=O)c3ccccc3F)cn(CC3CCCCN3)c2c1. The van der Waals surface area contributed by atoms with Gasteiger partial charge in [-0.25, -0.2) is 12.8 Å². The number of nitrogens with zero attached hydrogens (tertiary/aromatic N) is 1. The number of nitrogens with one attached hydrogen (secondary N) is 1. The van der Waals surface area contributed by atoms with Gasteiger partial charge in [-0.3, -0.25) is 0 Å². The lowest BCUT2D eigenvalue weighted by molar-refractivity contribution is 0.366. The van der Waals surface area contributed by atoms with Crippen LogP contribution in [0.4, 0.5) is 4.39 Å². The monoisotopic (exact) mass is 402 g/mol. The Hall–Kier alpha value is -2.38.